The number of benzene rings is 1. The van der Waals surface area contributed by atoms with Crippen molar-refractivity contribution >= 4 is 5.97 Å². The number of aromatic nitrogens is 2. The van der Waals surface area contributed by atoms with Crippen LogP contribution >= 0.6 is 0 Å². The highest BCUT2D eigenvalue weighted by Gasteiger charge is 2.38. The van der Waals surface area contributed by atoms with Crippen LogP contribution in [0.1, 0.15) is 15.9 Å². The van der Waals surface area contributed by atoms with Crippen molar-refractivity contribution in [1.29, 1.82) is 0 Å². The average molecular weight is 387 g/mol. The number of carbonyl (C=O) groups excluding carboxylic acids is 1. The molecule has 0 saturated heterocycles. The van der Waals surface area contributed by atoms with Crippen molar-refractivity contribution < 1.29 is 37.0 Å². The van der Waals surface area contributed by atoms with Gasteiger partial charge in [0.25, 0.3) is 0 Å². The molecule has 0 aliphatic heterocycles. The van der Waals surface area contributed by atoms with E-state index in [-0.39, 0.29) is 17.8 Å². The van der Waals surface area contributed by atoms with E-state index in [1.165, 1.54) is 34.4 Å². The van der Waals surface area contributed by atoms with Crippen molar-refractivity contribution in [1.82, 2.24) is 15.0 Å². The average Bonchev–Trinajstić information content (AvgIpc) is 2.59. The molecule has 0 amide bonds. The number of ether oxygens (including phenoxy) is 3. The van der Waals surface area contributed by atoms with Gasteiger partial charge in [-0.3, -0.25) is 0 Å². The second-order valence-electron chi connectivity index (χ2n) is 5.20. The maximum atomic E-state index is 13.4. The van der Waals surface area contributed by atoms with E-state index in [0.29, 0.717) is 0 Å². The van der Waals surface area contributed by atoms with Gasteiger partial charge in [0.05, 0.1) is 25.8 Å². The van der Waals surface area contributed by atoms with E-state index < -0.39 is 29.0 Å². The second-order valence-corrected chi connectivity index (χ2v) is 5.20. The van der Waals surface area contributed by atoms with Gasteiger partial charge in [0.1, 0.15) is 11.3 Å². The number of methoxy groups -OCH3 is 2. The molecule has 1 heterocycles. The molecule has 0 bridgehead atoms. The molecule has 1 aromatic heterocycles. The van der Waals surface area contributed by atoms with Crippen molar-refractivity contribution in [3.05, 3.63) is 35.4 Å². The summed E-state index contributed by atoms with van der Waals surface area (Å²) in [5.74, 6) is -1.58. The number of nitrogens with zero attached hydrogens (tertiary/aromatic N) is 3. The predicted octanol–water partition coefficient (Wildman–Crippen LogP) is 2.94. The zero-order valence-electron chi connectivity index (χ0n) is 14.8. The first kappa shape index (κ1) is 20.2. The number of halogens is 3. The third-order valence-corrected chi connectivity index (χ3v) is 3.08. The maximum absolute atomic E-state index is 13.4. The zero-order valence-corrected chi connectivity index (χ0v) is 14.8. The summed E-state index contributed by atoms with van der Waals surface area (Å²) in [6.07, 6.45) is -4.81. The van der Waals surface area contributed by atoms with Gasteiger partial charge >= 0.3 is 18.2 Å². The molecule has 146 valence electrons. The minimum absolute atomic E-state index is 0.0567. The summed E-state index contributed by atoms with van der Waals surface area (Å²) in [6, 6.07) is 3.97. The third-order valence-electron chi connectivity index (χ3n) is 3.08. The zero-order chi connectivity index (χ0) is 20.2. The molecule has 0 saturated carbocycles. The van der Waals surface area contributed by atoms with Gasteiger partial charge in [-0.15, -0.1) is 5.06 Å². The minimum Gasteiger partial charge on any atom is -0.481 e. The van der Waals surface area contributed by atoms with Crippen LogP contribution in [-0.4, -0.2) is 49.3 Å². The highest BCUT2D eigenvalue weighted by Crippen LogP contribution is 2.38. The van der Waals surface area contributed by atoms with Crippen molar-refractivity contribution in [3.8, 4) is 23.5 Å². The molecule has 0 radical (unpaired) electrons. The summed E-state index contributed by atoms with van der Waals surface area (Å²) >= 11 is 0. The van der Waals surface area contributed by atoms with Crippen LogP contribution in [0.25, 0.3) is 0 Å². The lowest BCUT2D eigenvalue weighted by Crippen LogP contribution is -2.22. The Morgan fingerprint density at radius 2 is 1.67 bits per heavy atom. The summed E-state index contributed by atoms with van der Waals surface area (Å²) in [5.41, 5.74) is -2.04. The molecule has 0 fully saturated rings. The monoisotopic (exact) mass is 387 g/mol. The van der Waals surface area contributed by atoms with Gasteiger partial charge in [0.15, 0.2) is 0 Å². The van der Waals surface area contributed by atoms with Crippen LogP contribution in [0.2, 0.25) is 0 Å². The van der Waals surface area contributed by atoms with E-state index in [1.807, 2.05) is 0 Å². The van der Waals surface area contributed by atoms with Gasteiger partial charge in [-0.2, -0.15) is 23.1 Å². The number of hydroxylamine groups is 2. The van der Waals surface area contributed by atoms with Crippen LogP contribution in [-0.2, 0) is 11.0 Å². The van der Waals surface area contributed by atoms with Crippen LogP contribution in [0.4, 0.5) is 13.2 Å². The SMILES string of the molecule is COc1cc(OC)nc(Oc2cccc(C(F)(F)F)c2C(=O)ON(C)C)n1. The summed E-state index contributed by atoms with van der Waals surface area (Å²) in [5, 5.41) is 0.963. The van der Waals surface area contributed by atoms with Crippen LogP contribution in [0.5, 0.6) is 23.5 Å². The number of hydrogen-bond acceptors (Lipinski definition) is 8. The maximum Gasteiger partial charge on any atom is 0.417 e. The van der Waals surface area contributed by atoms with Crippen molar-refractivity contribution in [2.75, 3.05) is 28.3 Å². The van der Waals surface area contributed by atoms with Crippen LogP contribution in [0, 0.1) is 0 Å². The Morgan fingerprint density at radius 3 is 2.15 bits per heavy atom. The summed E-state index contributed by atoms with van der Waals surface area (Å²) in [7, 11) is 5.36. The van der Waals surface area contributed by atoms with Gasteiger partial charge in [-0.05, 0) is 12.1 Å². The van der Waals surface area contributed by atoms with Crippen molar-refractivity contribution in [2.45, 2.75) is 6.18 Å². The lowest BCUT2D eigenvalue weighted by Gasteiger charge is -2.17. The first-order valence-electron chi connectivity index (χ1n) is 7.40. The number of alkyl halides is 3. The largest absolute Gasteiger partial charge is 0.481 e. The molecule has 0 unspecified atom stereocenters. The number of hydrogen-bond donors (Lipinski definition) is 0. The lowest BCUT2D eigenvalue weighted by molar-refractivity contribution is -0.139. The molecule has 0 aliphatic carbocycles. The van der Waals surface area contributed by atoms with Gasteiger partial charge in [-0.1, -0.05) is 6.07 Å². The van der Waals surface area contributed by atoms with E-state index in [9.17, 15) is 18.0 Å². The molecular formula is C16H16F3N3O5. The highest BCUT2D eigenvalue weighted by molar-refractivity contribution is 5.94. The van der Waals surface area contributed by atoms with Crippen LogP contribution < -0.4 is 14.2 Å². The molecule has 27 heavy (non-hydrogen) atoms. The fourth-order valence-electron chi connectivity index (χ4n) is 2.01. The molecule has 2 aromatic rings. The first-order valence-corrected chi connectivity index (χ1v) is 7.40. The Kier molecular flexibility index (Phi) is 6.05. The fourth-order valence-corrected chi connectivity index (χ4v) is 2.01. The summed E-state index contributed by atoms with van der Waals surface area (Å²) in [6.45, 7) is 0. The normalized spacial score (nSPS) is 11.3. The Labute approximate surface area is 152 Å². The standard InChI is InChI=1S/C16H16F3N3O5/c1-22(2)27-14(23)13-9(16(17,18)19)6-5-7-10(13)26-15-20-11(24-3)8-12(21-15)25-4/h5-8H,1-4H3. The quantitative estimate of drug-likeness (QED) is 0.700. The number of rotatable bonds is 6. The van der Waals surface area contributed by atoms with Gasteiger partial charge in [0, 0.05) is 14.1 Å². The number of carbonyl (C=O) groups is 1. The van der Waals surface area contributed by atoms with E-state index in [4.69, 9.17) is 19.0 Å². The highest BCUT2D eigenvalue weighted by atomic mass is 19.4. The first-order chi connectivity index (χ1) is 12.7. The van der Waals surface area contributed by atoms with E-state index in [2.05, 4.69) is 9.97 Å². The van der Waals surface area contributed by atoms with Crippen LogP contribution in [0.15, 0.2) is 24.3 Å². The smallest absolute Gasteiger partial charge is 0.417 e. The predicted molar refractivity (Wildman–Crippen MR) is 85.8 cm³/mol. The fraction of sp³-hybridized carbons (Fsp3) is 0.312. The van der Waals surface area contributed by atoms with Crippen LogP contribution in [0.3, 0.4) is 0 Å². The molecule has 0 spiro atoms. The topological polar surface area (TPSA) is 83.0 Å². The van der Waals surface area contributed by atoms with E-state index >= 15 is 0 Å². The van der Waals surface area contributed by atoms with Crippen molar-refractivity contribution in [2.24, 2.45) is 0 Å². The molecule has 0 N–H and O–H groups in total. The van der Waals surface area contributed by atoms with E-state index in [0.717, 1.165) is 23.3 Å². The second kappa shape index (κ2) is 8.08. The van der Waals surface area contributed by atoms with E-state index in [1.54, 1.807) is 0 Å². The molecule has 11 heteroatoms. The minimum atomic E-state index is -4.81. The van der Waals surface area contributed by atoms with Gasteiger partial charge in [-0.25, -0.2) is 4.79 Å². The molecule has 0 atom stereocenters. The Balaban J connectivity index is 2.55. The molecule has 1 aromatic carbocycles. The molecular weight excluding hydrogens is 371 g/mol. The molecule has 0 aliphatic rings. The Bertz CT molecular complexity index is 805. The van der Waals surface area contributed by atoms with Gasteiger partial charge in [0.2, 0.25) is 11.8 Å². The summed E-state index contributed by atoms with van der Waals surface area (Å²) in [4.78, 5) is 24.7. The third kappa shape index (κ3) is 4.97. The Hall–Kier alpha value is -3.08. The molecule has 8 nitrogen and oxygen atoms in total. The molecule has 2 rings (SSSR count). The van der Waals surface area contributed by atoms with Gasteiger partial charge < -0.3 is 19.0 Å². The summed E-state index contributed by atoms with van der Waals surface area (Å²) < 4.78 is 55.3. The lowest BCUT2D eigenvalue weighted by atomic mass is 10.1. The Morgan fingerprint density at radius 1 is 1.07 bits per heavy atom. The van der Waals surface area contributed by atoms with Crippen molar-refractivity contribution in [3.63, 3.8) is 0 Å².